The Bertz CT molecular complexity index is 393. The molecule has 0 heterocycles. The van der Waals surface area contributed by atoms with E-state index in [1.54, 1.807) is 0 Å². The van der Waals surface area contributed by atoms with Gasteiger partial charge in [0.05, 0.1) is 0 Å². The van der Waals surface area contributed by atoms with E-state index >= 15 is 0 Å². The molecule has 0 radical (unpaired) electrons. The quantitative estimate of drug-likeness (QED) is 0.642. The molecule has 0 saturated heterocycles. The Labute approximate surface area is 93.3 Å². The van der Waals surface area contributed by atoms with Gasteiger partial charge in [-0.25, -0.2) is 4.39 Å². The largest absolute Gasteiger partial charge is 0.456 e. The van der Waals surface area contributed by atoms with Gasteiger partial charge < -0.3 is 0 Å². The van der Waals surface area contributed by atoms with Gasteiger partial charge in [-0.05, 0) is 0 Å². The van der Waals surface area contributed by atoms with E-state index in [9.17, 15) is 47.9 Å². The van der Waals surface area contributed by atoms with Crippen LogP contribution in [0, 0.1) is 0 Å². The molecule has 0 aliphatic carbocycles. The van der Waals surface area contributed by atoms with Crippen molar-refractivity contribution < 1.29 is 52.5 Å². The molecule has 110 valence electrons. The molecule has 0 spiro atoms. The lowest BCUT2D eigenvalue weighted by Gasteiger charge is -2.28. The first-order chi connectivity index (χ1) is 7.53. The van der Waals surface area contributed by atoms with Crippen molar-refractivity contribution in [2.45, 2.75) is 29.7 Å². The fourth-order valence-corrected chi connectivity index (χ4v) is 1.64. The molecule has 18 heavy (non-hydrogen) atoms. The topological polar surface area (TPSA) is 54.4 Å². The lowest BCUT2D eigenvalue weighted by molar-refractivity contribution is -0.311. The smallest absolute Gasteiger partial charge is 0.285 e. The Morgan fingerprint density at radius 3 is 1.39 bits per heavy atom. The van der Waals surface area contributed by atoms with Gasteiger partial charge in [0.15, 0.2) is 0 Å². The van der Waals surface area contributed by atoms with Crippen molar-refractivity contribution >= 4 is 10.1 Å². The molecule has 0 saturated carbocycles. The second-order valence-corrected chi connectivity index (χ2v) is 4.54. The summed E-state index contributed by atoms with van der Waals surface area (Å²) in [6.45, 7) is 0. The zero-order valence-corrected chi connectivity index (χ0v) is 8.54. The summed E-state index contributed by atoms with van der Waals surface area (Å²) in [5.74, 6) is -6.59. The Kier molecular flexibility index (Phi) is 4.26. The average molecular weight is 314 g/mol. The van der Waals surface area contributed by atoms with Gasteiger partial charge in [-0.2, -0.15) is 43.5 Å². The Morgan fingerprint density at radius 1 is 0.889 bits per heavy atom. The standard InChI is InChI=1S/C5H3F9O3S/c6-1(3(7,8)5(12,13)14)2(4(9,10)11)18(15,16)17/h1-2H,(H,15,16,17). The highest BCUT2D eigenvalue weighted by Crippen LogP contribution is 2.44. The third-order valence-corrected chi connectivity index (χ3v) is 2.78. The molecule has 0 fully saturated rings. The van der Waals surface area contributed by atoms with Gasteiger partial charge in [-0.3, -0.25) is 4.55 Å². The maximum Gasteiger partial charge on any atom is 0.456 e. The monoisotopic (exact) mass is 314 g/mol. The maximum absolute atomic E-state index is 12.6. The molecule has 1 N–H and O–H groups in total. The van der Waals surface area contributed by atoms with Crippen molar-refractivity contribution in [2.24, 2.45) is 0 Å². The summed E-state index contributed by atoms with van der Waals surface area (Å²) in [5.41, 5.74) is 0. The predicted octanol–water partition coefficient (Wildman–Crippen LogP) is 2.34. The van der Waals surface area contributed by atoms with Crippen molar-refractivity contribution in [1.82, 2.24) is 0 Å². The fraction of sp³-hybridized carbons (Fsp3) is 1.00. The van der Waals surface area contributed by atoms with Crippen LogP contribution in [-0.2, 0) is 10.1 Å². The molecule has 0 bridgehead atoms. The maximum atomic E-state index is 12.6. The van der Waals surface area contributed by atoms with Crippen molar-refractivity contribution in [3.05, 3.63) is 0 Å². The summed E-state index contributed by atoms with van der Waals surface area (Å²) in [6.07, 6.45) is -18.3. The van der Waals surface area contributed by atoms with E-state index in [1.165, 1.54) is 0 Å². The highest BCUT2D eigenvalue weighted by Gasteiger charge is 2.71. The first kappa shape index (κ1) is 17.3. The number of alkyl halides is 9. The van der Waals surface area contributed by atoms with Gasteiger partial charge in [0, 0.05) is 0 Å². The molecule has 0 aliphatic heterocycles. The highest BCUT2D eigenvalue weighted by atomic mass is 32.2. The summed E-state index contributed by atoms with van der Waals surface area (Å²) in [7, 11) is -6.55. The lowest BCUT2D eigenvalue weighted by Crippen LogP contribution is -2.56. The third kappa shape index (κ3) is 3.40. The molecule has 3 nitrogen and oxygen atoms in total. The van der Waals surface area contributed by atoms with Crippen molar-refractivity contribution in [1.29, 1.82) is 0 Å². The minimum atomic E-state index is -6.75. The number of halogens is 9. The SMILES string of the molecule is O=S(=O)(O)C(C(F)C(F)(F)C(F)(F)F)C(F)(F)F. The molecule has 2 unspecified atom stereocenters. The molecule has 0 amide bonds. The van der Waals surface area contributed by atoms with Gasteiger partial charge in [-0.1, -0.05) is 0 Å². The molecule has 2 atom stereocenters. The van der Waals surface area contributed by atoms with Gasteiger partial charge in [0.25, 0.3) is 10.1 Å². The number of rotatable bonds is 3. The molecular weight excluding hydrogens is 311 g/mol. The van der Waals surface area contributed by atoms with E-state index in [0.29, 0.717) is 0 Å². The molecule has 0 rings (SSSR count). The van der Waals surface area contributed by atoms with Gasteiger partial charge in [-0.15, -0.1) is 0 Å². The Morgan fingerprint density at radius 2 is 1.22 bits per heavy atom. The van der Waals surface area contributed by atoms with Gasteiger partial charge in [0.1, 0.15) is 0 Å². The zero-order valence-electron chi connectivity index (χ0n) is 7.73. The van der Waals surface area contributed by atoms with Gasteiger partial charge >= 0.3 is 18.3 Å². The van der Waals surface area contributed by atoms with Crippen molar-refractivity contribution in [3.8, 4) is 0 Å². The first-order valence-corrected chi connectivity index (χ1v) is 5.15. The second-order valence-electron chi connectivity index (χ2n) is 3.00. The lowest BCUT2D eigenvalue weighted by atomic mass is 10.1. The van der Waals surface area contributed by atoms with Gasteiger partial charge in [0.2, 0.25) is 11.4 Å². The van der Waals surface area contributed by atoms with Crippen LogP contribution in [0.1, 0.15) is 0 Å². The normalized spacial score (nSPS) is 18.6. The molecule has 13 heteroatoms. The van der Waals surface area contributed by atoms with Crippen LogP contribution >= 0.6 is 0 Å². The zero-order chi connectivity index (χ0) is 15.2. The summed E-state index contributed by atoms with van der Waals surface area (Å²) in [5, 5.41) is -4.90. The van der Waals surface area contributed by atoms with Crippen LogP contribution in [0.3, 0.4) is 0 Å². The molecule has 0 aromatic carbocycles. The van der Waals surface area contributed by atoms with E-state index in [1.807, 2.05) is 0 Å². The molecule has 0 aliphatic rings. The van der Waals surface area contributed by atoms with Crippen molar-refractivity contribution in [3.63, 3.8) is 0 Å². The van der Waals surface area contributed by atoms with Crippen LogP contribution in [0.4, 0.5) is 39.5 Å². The summed E-state index contributed by atoms with van der Waals surface area (Å²) < 4.78 is 136. The van der Waals surface area contributed by atoms with E-state index < -0.39 is 39.8 Å². The fourth-order valence-electron chi connectivity index (χ4n) is 0.832. The average Bonchev–Trinajstić information content (AvgIpc) is 1.95. The predicted molar refractivity (Wildman–Crippen MR) is 37.3 cm³/mol. The highest BCUT2D eigenvalue weighted by molar-refractivity contribution is 7.86. The van der Waals surface area contributed by atoms with Crippen LogP contribution < -0.4 is 0 Å². The van der Waals surface area contributed by atoms with E-state index in [4.69, 9.17) is 4.55 Å². The van der Waals surface area contributed by atoms with Crippen LogP contribution in [0.25, 0.3) is 0 Å². The summed E-state index contributed by atoms with van der Waals surface area (Å²) in [4.78, 5) is 0. The van der Waals surface area contributed by atoms with E-state index in [2.05, 4.69) is 0 Å². The van der Waals surface area contributed by atoms with Crippen LogP contribution in [0.5, 0.6) is 0 Å². The van der Waals surface area contributed by atoms with E-state index in [-0.39, 0.29) is 0 Å². The first-order valence-electron chi connectivity index (χ1n) is 3.64. The van der Waals surface area contributed by atoms with Crippen LogP contribution in [0.2, 0.25) is 0 Å². The number of hydrogen-bond acceptors (Lipinski definition) is 2. The third-order valence-electron chi connectivity index (χ3n) is 1.63. The molecular formula is C5H3F9O3S. The minimum Gasteiger partial charge on any atom is -0.285 e. The van der Waals surface area contributed by atoms with Crippen LogP contribution in [0.15, 0.2) is 0 Å². The molecule has 0 aromatic heterocycles. The second kappa shape index (κ2) is 4.43. The van der Waals surface area contributed by atoms with Crippen LogP contribution in [-0.4, -0.2) is 42.7 Å². The Balaban J connectivity index is 5.72. The van der Waals surface area contributed by atoms with Crippen molar-refractivity contribution in [2.75, 3.05) is 0 Å². The summed E-state index contributed by atoms with van der Waals surface area (Å²) in [6, 6.07) is 0. The Hall–Kier alpha value is -0.720. The van der Waals surface area contributed by atoms with E-state index in [0.717, 1.165) is 0 Å². The minimum absolute atomic E-state index is 4.90. The summed E-state index contributed by atoms with van der Waals surface area (Å²) >= 11 is 0. The molecule has 0 aromatic rings. The number of hydrogen-bond donors (Lipinski definition) is 1.